The highest BCUT2D eigenvalue weighted by Gasteiger charge is 2.43. The van der Waals surface area contributed by atoms with Gasteiger partial charge in [-0.05, 0) is 49.7 Å². The van der Waals surface area contributed by atoms with Crippen LogP contribution < -0.4 is 9.47 Å². The van der Waals surface area contributed by atoms with E-state index in [1.807, 2.05) is 18.0 Å². The van der Waals surface area contributed by atoms with Crippen LogP contribution in [0.3, 0.4) is 0 Å². The Morgan fingerprint density at radius 1 is 1.13 bits per heavy atom. The molecule has 0 aliphatic heterocycles. The van der Waals surface area contributed by atoms with Crippen molar-refractivity contribution in [2.75, 3.05) is 21.3 Å². The van der Waals surface area contributed by atoms with Gasteiger partial charge in [-0.15, -0.1) is 0 Å². The molecule has 3 rings (SSSR count). The highest BCUT2D eigenvalue weighted by atomic mass is 16.5. The largest absolute Gasteiger partial charge is 0.493 e. The van der Waals surface area contributed by atoms with Crippen molar-refractivity contribution in [3.05, 3.63) is 23.8 Å². The SMILES string of the molecule is COc1cccc(C(=O)N(C)C2C[C@H]3CC(O)C[C@H]3C2)c1OC. The van der Waals surface area contributed by atoms with Crippen molar-refractivity contribution in [1.29, 1.82) is 0 Å². The molecule has 0 aromatic heterocycles. The highest BCUT2D eigenvalue weighted by Crippen LogP contribution is 2.45. The Kier molecular flexibility index (Phi) is 4.48. The first-order valence-corrected chi connectivity index (χ1v) is 8.21. The zero-order valence-corrected chi connectivity index (χ0v) is 14.0. The molecule has 2 fully saturated rings. The predicted octanol–water partition coefficient (Wildman–Crippen LogP) is 2.33. The number of nitrogens with zero attached hydrogens (tertiary/aromatic N) is 1. The maximum absolute atomic E-state index is 12.9. The van der Waals surface area contributed by atoms with Crippen molar-refractivity contribution >= 4 is 5.91 Å². The van der Waals surface area contributed by atoms with Gasteiger partial charge in [-0.3, -0.25) is 4.79 Å². The summed E-state index contributed by atoms with van der Waals surface area (Å²) in [5, 5.41) is 9.76. The summed E-state index contributed by atoms with van der Waals surface area (Å²) in [6, 6.07) is 5.61. The smallest absolute Gasteiger partial charge is 0.257 e. The molecule has 5 nitrogen and oxygen atoms in total. The molecule has 1 amide bonds. The van der Waals surface area contributed by atoms with Crippen LogP contribution in [0.5, 0.6) is 11.5 Å². The lowest BCUT2D eigenvalue weighted by Crippen LogP contribution is -2.36. The van der Waals surface area contributed by atoms with E-state index in [4.69, 9.17) is 9.47 Å². The number of carbonyl (C=O) groups excluding carboxylic acids is 1. The van der Waals surface area contributed by atoms with Gasteiger partial charge in [0, 0.05) is 13.1 Å². The molecule has 1 N–H and O–H groups in total. The third kappa shape index (κ3) is 2.90. The van der Waals surface area contributed by atoms with E-state index in [0.29, 0.717) is 28.9 Å². The van der Waals surface area contributed by atoms with E-state index < -0.39 is 0 Å². The van der Waals surface area contributed by atoms with E-state index in [0.717, 1.165) is 25.7 Å². The molecule has 2 unspecified atom stereocenters. The lowest BCUT2D eigenvalue weighted by Gasteiger charge is -2.26. The lowest BCUT2D eigenvalue weighted by molar-refractivity contribution is 0.0718. The van der Waals surface area contributed by atoms with Crippen LogP contribution >= 0.6 is 0 Å². The summed E-state index contributed by atoms with van der Waals surface area (Å²) < 4.78 is 10.7. The summed E-state index contributed by atoms with van der Waals surface area (Å²) in [7, 11) is 4.98. The fourth-order valence-electron chi connectivity index (χ4n) is 4.28. The van der Waals surface area contributed by atoms with Gasteiger partial charge in [-0.25, -0.2) is 0 Å². The van der Waals surface area contributed by atoms with Crippen molar-refractivity contribution in [3.63, 3.8) is 0 Å². The summed E-state index contributed by atoms with van der Waals surface area (Å²) in [5.74, 6) is 2.12. The molecule has 2 aliphatic carbocycles. The molecule has 0 bridgehead atoms. The Morgan fingerprint density at radius 3 is 2.35 bits per heavy atom. The highest BCUT2D eigenvalue weighted by molar-refractivity contribution is 5.97. The van der Waals surface area contributed by atoms with E-state index in [2.05, 4.69) is 0 Å². The number of carbonyl (C=O) groups is 1. The monoisotopic (exact) mass is 319 g/mol. The summed E-state index contributed by atoms with van der Waals surface area (Å²) in [4.78, 5) is 14.7. The molecular weight excluding hydrogens is 294 g/mol. The first kappa shape index (κ1) is 16.1. The Balaban J connectivity index is 1.76. The number of amides is 1. The number of hydrogen-bond acceptors (Lipinski definition) is 4. The van der Waals surface area contributed by atoms with Crippen LogP contribution in [0.25, 0.3) is 0 Å². The Morgan fingerprint density at radius 2 is 1.78 bits per heavy atom. The van der Waals surface area contributed by atoms with E-state index in [1.54, 1.807) is 26.4 Å². The first-order valence-electron chi connectivity index (χ1n) is 8.21. The van der Waals surface area contributed by atoms with Gasteiger partial charge in [0.1, 0.15) is 0 Å². The van der Waals surface area contributed by atoms with E-state index >= 15 is 0 Å². The van der Waals surface area contributed by atoms with Crippen molar-refractivity contribution in [2.45, 2.75) is 37.8 Å². The Bertz CT molecular complexity index is 574. The quantitative estimate of drug-likeness (QED) is 0.925. The molecule has 4 atom stereocenters. The minimum absolute atomic E-state index is 0.0359. The summed E-state index contributed by atoms with van der Waals surface area (Å²) in [6.45, 7) is 0. The van der Waals surface area contributed by atoms with Crippen LogP contribution in [0, 0.1) is 11.8 Å². The predicted molar refractivity (Wildman–Crippen MR) is 86.9 cm³/mol. The minimum atomic E-state index is -0.148. The van der Waals surface area contributed by atoms with Crippen LogP contribution in [0.1, 0.15) is 36.0 Å². The summed E-state index contributed by atoms with van der Waals surface area (Å²) in [5.41, 5.74) is 0.534. The molecule has 0 radical (unpaired) electrons. The second kappa shape index (κ2) is 6.40. The lowest BCUT2D eigenvalue weighted by atomic mass is 10.0. The molecule has 0 spiro atoms. The third-order valence-electron chi connectivity index (χ3n) is 5.47. The van der Waals surface area contributed by atoms with Crippen LogP contribution in [0.4, 0.5) is 0 Å². The fraction of sp³-hybridized carbons (Fsp3) is 0.611. The molecule has 5 heteroatoms. The maximum Gasteiger partial charge on any atom is 0.257 e. The Hall–Kier alpha value is -1.75. The van der Waals surface area contributed by atoms with Gasteiger partial charge in [0.2, 0.25) is 0 Å². The maximum atomic E-state index is 12.9. The third-order valence-corrected chi connectivity index (χ3v) is 5.47. The first-order chi connectivity index (χ1) is 11.0. The molecule has 1 aromatic carbocycles. The zero-order chi connectivity index (χ0) is 16.6. The van der Waals surface area contributed by atoms with Crippen molar-refractivity contribution in [3.8, 4) is 11.5 Å². The van der Waals surface area contributed by atoms with E-state index in [1.165, 1.54) is 0 Å². The normalized spacial score (nSPS) is 29.2. The number of para-hydroxylation sites is 1. The van der Waals surface area contributed by atoms with Crippen LogP contribution in [-0.2, 0) is 0 Å². The molecule has 0 saturated heterocycles. The van der Waals surface area contributed by atoms with Gasteiger partial charge in [0.05, 0.1) is 25.9 Å². The van der Waals surface area contributed by atoms with Crippen LogP contribution in [-0.4, -0.2) is 49.3 Å². The molecule has 1 aromatic rings. The van der Waals surface area contributed by atoms with Crippen molar-refractivity contribution in [1.82, 2.24) is 4.90 Å². The number of aliphatic hydroxyl groups excluding tert-OH is 1. The molecule has 2 aliphatic rings. The summed E-state index contributed by atoms with van der Waals surface area (Å²) in [6.07, 6.45) is 3.58. The average Bonchev–Trinajstić information content (AvgIpc) is 3.09. The molecule has 23 heavy (non-hydrogen) atoms. The topological polar surface area (TPSA) is 59.0 Å². The number of benzene rings is 1. The van der Waals surface area contributed by atoms with Crippen molar-refractivity contribution in [2.24, 2.45) is 11.8 Å². The standard InChI is InChI=1S/C18H25NO4/c1-19(13-7-11-9-14(20)10-12(11)8-13)18(21)15-5-4-6-16(22-2)17(15)23-3/h4-6,11-14,20H,7-10H2,1-3H3/t11-,12+,13?,14?. The fourth-order valence-corrected chi connectivity index (χ4v) is 4.28. The number of fused-ring (bicyclic) bond motifs is 1. The second-order valence-corrected chi connectivity index (χ2v) is 6.73. The second-order valence-electron chi connectivity index (χ2n) is 6.73. The number of ether oxygens (including phenoxy) is 2. The number of hydrogen-bond donors (Lipinski definition) is 1. The van der Waals surface area contributed by atoms with Gasteiger partial charge in [0.15, 0.2) is 11.5 Å². The van der Waals surface area contributed by atoms with Gasteiger partial charge < -0.3 is 19.5 Å². The van der Waals surface area contributed by atoms with Crippen molar-refractivity contribution < 1.29 is 19.4 Å². The molecular formula is C18H25NO4. The van der Waals surface area contributed by atoms with Gasteiger partial charge in [-0.1, -0.05) is 6.07 Å². The van der Waals surface area contributed by atoms with E-state index in [9.17, 15) is 9.90 Å². The minimum Gasteiger partial charge on any atom is -0.493 e. The number of rotatable bonds is 4. The van der Waals surface area contributed by atoms with Gasteiger partial charge >= 0.3 is 0 Å². The number of aliphatic hydroxyl groups is 1. The van der Waals surface area contributed by atoms with Gasteiger partial charge in [0.25, 0.3) is 5.91 Å². The number of methoxy groups -OCH3 is 2. The van der Waals surface area contributed by atoms with Gasteiger partial charge in [-0.2, -0.15) is 0 Å². The van der Waals surface area contributed by atoms with Crippen LogP contribution in [0.2, 0.25) is 0 Å². The van der Waals surface area contributed by atoms with Crippen LogP contribution in [0.15, 0.2) is 18.2 Å². The molecule has 0 heterocycles. The Labute approximate surface area is 137 Å². The molecule has 2 saturated carbocycles. The molecule has 126 valence electrons. The van der Waals surface area contributed by atoms with E-state index in [-0.39, 0.29) is 18.1 Å². The average molecular weight is 319 g/mol. The summed E-state index contributed by atoms with van der Waals surface area (Å²) >= 11 is 0. The zero-order valence-electron chi connectivity index (χ0n) is 14.0.